The highest BCUT2D eigenvalue weighted by Gasteiger charge is 2.14. The molecule has 6 nitrogen and oxygen atoms in total. The third-order valence-electron chi connectivity index (χ3n) is 3.89. The first kappa shape index (κ1) is 18.6. The summed E-state index contributed by atoms with van der Waals surface area (Å²) in [7, 11) is 0. The molecule has 25 heavy (non-hydrogen) atoms. The molecule has 0 saturated carbocycles. The van der Waals surface area contributed by atoms with Gasteiger partial charge in [-0.3, -0.25) is 0 Å². The van der Waals surface area contributed by atoms with Crippen LogP contribution in [0.4, 0.5) is 16.4 Å². The monoisotopic (exact) mass is 353 g/mol. The molecule has 7 heteroatoms. The molecule has 1 aromatic carbocycles. The Hall–Kier alpha value is -2.74. The minimum absolute atomic E-state index is 0.101. The zero-order chi connectivity index (χ0) is 18.4. The van der Waals surface area contributed by atoms with E-state index in [-0.39, 0.29) is 6.61 Å². The molecule has 1 aromatic heterocycles. The van der Waals surface area contributed by atoms with Gasteiger partial charge in [-0.2, -0.15) is 10.5 Å². The highest BCUT2D eigenvalue weighted by Crippen LogP contribution is 2.36. The second kappa shape index (κ2) is 8.39. The van der Waals surface area contributed by atoms with E-state index in [1.807, 2.05) is 32.0 Å². The maximum Gasteiger partial charge on any atom is 0.158 e. The molecule has 1 N–H and O–H groups in total. The predicted molar refractivity (Wildman–Crippen MR) is 98.8 cm³/mol. The molecule has 0 fully saturated rings. The summed E-state index contributed by atoms with van der Waals surface area (Å²) in [5.41, 5.74) is 3.73. The summed E-state index contributed by atoms with van der Waals surface area (Å²) in [6.07, 6.45) is 0. The smallest absolute Gasteiger partial charge is 0.158 e. The summed E-state index contributed by atoms with van der Waals surface area (Å²) in [4.78, 5) is 2.56. The van der Waals surface area contributed by atoms with Gasteiger partial charge < -0.3 is 10.0 Å². The van der Waals surface area contributed by atoms with E-state index in [1.54, 1.807) is 6.92 Å². The molecule has 0 aliphatic heterocycles. The van der Waals surface area contributed by atoms with Gasteiger partial charge in [-0.1, -0.05) is 0 Å². The van der Waals surface area contributed by atoms with Crippen LogP contribution in [0.2, 0.25) is 0 Å². The lowest BCUT2D eigenvalue weighted by Gasteiger charge is -2.22. The van der Waals surface area contributed by atoms with Crippen molar-refractivity contribution in [1.82, 2.24) is 0 Å². The van der Waals surface area contributed by atoms with E-state index in [4.69, 9.17) is 10.4 Å². The molecule has 0 amide bonds. The number of nitrogens with zero attached hydrogens (tertiary/aromatic N) is 5. The number of aliphatic hydroxyl groups is 1. The fourth-order valence-electron chi connectivity index (χ4n) is 2.45. The fraction of sp³-hybridized carbons (Fsp3) is 0.333. The van der Waals surface area contributed by atoms with Gasteiger partial charge in [0, 0.05) is 18.8 Å². The van der Waals surface area contributed by atoms with Crippen LogP contribution in [0.5, 0.6) is 0 Å². The lowest BCUT2D eigenvalue weighted by Crippen LogP contribution is -2.26. The molecule has 0 radical (unpaired) electrons. The first-order valence-corrected chi connectivity index (χ1v) is 8.69. The van der Waals surface area contributed by atoms with Crippen LogP contribution in [-0.4, -0.2) is 24.8 Å². The van der Waals surface area contributed by atoms with Gasteiger partial charge in [-0.05, 0) is 50.1 Å². The average Bonchev–Trinajstić information content (AvgIpc) is 2.93. The van der Waals surface area contributed by atoms with Crippen molar-refractivity contribution >= 4 is 27.7 Å². The number of hydrogen-bond acceptors (Lipinski definition) is 7. The number of hydrogen-bond donors (Lipinski definition) is 1. The van der Waals surface area contributed by atoms with Gasteiger partial charge >= 0.3 is 0 Å². The Bertz CT molecular complexity index is 873. The molecule has 0 aliphatic rings. The lowest BCUT2D eigenvalue weighted by atomic mass is 10.1. The van der Waals surface area contributed by atoms with Crippen LogP contribution in [0.25, 0.3) is 0 Å². The summed E-state index contributed by atoms with van der Waals surface area (Å²) in [5.74, 6) is 0. The fourth-order valence-corrected chi connectivity index (χ4v) is 3.32. The normalized spacial score (nSPS) is 10.6. The number of nitriles is 2. The van der Waals surface area contributed by atoms with Gasteiger partial charge in [-0.15, -0.1) is 21.6 Å². The molecular weight excluding hydrogens is 334 g/mol. The quantitative estimate of drug-likeness (QED) is 0.781. The van der Waals surface area contributed by atoms with Crippen LogP contribution < -0.4 is 4.90 Å². The van der Waals surface area contributed by atoms with Gasteiger partial charge in [-0.25, -0.2) is 0 Å². The summed E-state index contributed by atoms with van der Waals surface area (Å²) >= 11 is 1.17. The van der Waals surface area contributed by atoms with Crippen molar-refractivity contribution in [1.29, 1.82) is 10.5 Å². The zero-order valence-corrected chi connectivity index (χ0v) is 15.3. The number of rotatable bonds is 6. The van der Waals surface area contributed by atoms with E-state index >= 15 is 0 Å². The van der Waals surface area contributed by atoms with E-state index in [9.17, 15) is 5.26 Å². The second-order valence-corrected chi connectivity index (χ2v) is 6.43. The lowest BCUT2D eigenvalue weighted by molar-refractivity contribution is 0.302. The molecule has 0 bridgehead atoms. The topological polar surface area (TPSA) is 95.8 Å². The Morgan fingerprint density at radius 3 is 2.52 bits per heavy atom. The molecule has 1 heterocycles. The van der Waals surface area contributed by atoms with E-state index in [0.29, 0.717) is 33.2 Å². The largest absolute Gasteiger partial charge is 0.395 e. The van der Waals surface area contributed by atoms with Gasteiger partial charge in [0.2, 0.25) is 0 Å². The van der Waals surface area contributed by atoms with Crippen molar-refractivity contribution in [2.75, 3.05) is 24.6 Å². The molecule has 2 rings (SSSR count). The van der Waals surface area contributed by atoms with Crippen molar-refractivity contribution in [3.63, 3.8) is 0 Å². The molecular formula is C18H19N5OS. The zero-order valence-electron chi connectivity index (χ0n) is 14.4. The molecule has 0 unspecified atom stereocenters. The van der Waals surface area contributed by atoms with Crippen molar-refractivity contribution < 1.29 is 5.11 Å². The Morgan fingerprint density at radius 1 is 1.20 bits per heavy atom. The summed E-state index contributed by atoms with van der Waals surface area (Å²) < 4.78 is 0. The number of anilines is 1. The Labute approximate surface area is 151 Å². The van der Waals surface area contributed by atoms with Crippen molar-refractivity contribution in [2.45, 2.75) is 20.8 Å². The summed E-state index contributed by atoms with van der Waals surface area (Å²) in [6, 6.07) is 9.97. The SMILES string of the molecule is CCN(CCO)c1ccc(/N=N\c2sc(C#N)c(C)c2C#N)c(C)c1. The van der Waals surface area contributed by atoms with E-state index in [2.05, 4.69) is 27.3 Å². The van der Waals surface area contributed by atoms with E-state index in [0.717, 1.165) is 17.8 Å². The van der Waals surface area contributed by atoms with Crippen LogP contribution in [0.3, 0.4) is 0 Å². The number of azo groups is 1. The van der Waals surface area contributed by atoms with Gasteiger partial charge in [0.05, 0.1) is 17.9 Å². The van der Waals surface area contributed by atoms with Crippen LogP contribution >= 0.6 is 11.3 Å². The minimum Gasteiger partial charge on any atom is -0.395 e. The Balaban J connectivity index is 2.31. The molecule has 0 aliphatic carbocycles. The van der Waals surface area contributed by atoms with Crippen molar-refractivity contribution in [3.05, 3.63) is 39.8 Å². The van der Waals surface area contributed by atoms with Crippen LogP contribution in [0, 0.1) is 36.5 Å². The van der Waals surface area contributed by atoms with Crippen LogP contribution in [-0.2, 0) is 0 Å². The first-order valence-electron chi connectivity index (χ1n) is 7.87. The third kappa shape index (κ3) is 4.03. The highest BCUT2D eigenvalue weighted by atomic mass is 32.1. The van der Waals surface area contributed by atoms with Crippen LogP contribution in [0.1, 0.15) is 28.5 Å². The van der Waals surface area contributed by atoms with Crippen LogP contribution in [0.15, 0.2) is 28.4 Å². The Morgan fingerprint density at radius 2 is 1.96 bits per heavy atom. The van der Waals surface area contributed by atoms with Gasteiger partial charge in [0.25, 0.3) is 0 Å². The average molecular weight is 353 g/mol. The number of aryl methyl sites for hydroxylation is 1. The minimum atomic E-state index is 0.101. The summed E-state index contributed by atoms with van der Waals surface area (Å²) in [6.45, 7) is 7.20. The number of benzene rings is 1. The molecule has 0 saturated heterocycles. The number of thiophene rings is 1. The van der Waals surface area contributed by atoms with Gasteiger partial charge in [0.15, 0.2) is 5.00 Å². The van der Waals surface area contributed by atoms with Gasteiger partial charge in [0.1, 0.15) is 17.0 Å². The Kier molecular flexibility index (Phi) is 6.24. The maximum atomic E-state index is 9.25. The highest BCUT2D eigenvalue weighted by molar-refractivity contribution is 7.16. The standard InChI is InChI=1S/C18H19N5OS/c1-4-23(7-8-24)14-5-6-16(12(2)9-14)21-22-18-15(10-19)13(3)17(11-20)25-18/h5-6,9,24H,4,7-8H2,1-3H3/b22-21-. The predicted octanol–water partition coefficient (Wildman–Crippen LogP) is 4.34. The first-order chi connectivity index (χ1) is 12.0. The molecule has 128 valence electrons. The van der Waals surface area contributed by atoms with Crippen molar-refractivity contribution in [3.8, 4) is 12.1 Å². The third-order valence-corrected chi connectivity index (χ3v) is 4.97. The molecule has 0 spiro atoms. The van der Waals surface area contributed by atoms with Crippen molar-refractivity contribution in [2.24, 2.45) is 10.2 Å². The van der Waals surface area contributed by atoms with E-state index < -0.39 is 0 Å². The van der Waals surface area contributed by atoms with E-state index in [1.165, 1.54) is 11.3 Å². The number of likely N-dealkylation sites (N-methyl/N-ethyl adjacent to an activating group) is 1. The second-order valence-electron chi connectivity index (χ2n) is 5.43. The molecule has 2 aromatic rings. The maximum absolute atomic E-state index is 9.25. The molecule has 0 atom stereocenters. The summed E-state index contributed by atoms with van der Waals surface area (Å²) in [5, 5.41) is 36.4. The number of aliphatic hydroxyl groups excluding tert-OH is 1.